The highest BCUT2D eigenvalue weighted by atomic mass is 32.2. The van der Waals surface area contributed by atoms with E-state index in [0.29, 0.717) is 29.1 Å². The Morgan fingerprint density at radius 3 is 2.59 bits per heavy atom. The number of fused-ring (bicyclic) bond motifs is 1. The van der Waals surface area contributed by atoms with Gasteiger partial charge in [-0.15, -0.1) is 0 Å². The highest BCUT2D eigenvalue weighted by Gasteiger charge is 2.14. The Morgan fingerprint density at radius 1 is 1.19 bits per heavy atom. The monoisotopic (exact) mass is 381 g/mol. The number of carbonyl (C=O) groups excluding carboxylic acids is 1. The molecular weight excluding hydrogens is 358 g/mol. The maximum absolute atomic E-state index is 12.4. The quantitative estimate of drug-likeness (QED) is 0.299. The molecule has 1 heterocycles. The molecule has 3 aromatic rings. The fourth-order valence-electron chi connectivity index (χ4n) is 2.61. The largest absolute Gasteiger partial charge is 0.463 e. The summed E-state index contributed by atoms with van der Waals surface area (Å²) in [7, 11) is 0. The van der Waals surface area contributed by atoms with Crippen LogP contribution in [0.2, 0.25) is 0 Å². The lowest BCUT2D eigenvalue weighted by Gasteiger charge is -2.08. The molecule has 0 aliphatic heterocycles. The van der Waals surface area contributed by atoms with Crippen molar-refractivity contribution in [3.05, 3.63) is 65.2 Å². The van der Waals surface area contributed by atoms with Crippen LogP contribution >= 0.6 is 11.8 Å². The predicted octanol–water partition coefficient (Wildman–Crippen LogP) is 5.69. The van der Waals surface area contributed by atoms with E-state index in [1.54, 1.807) is 6.92 Å². The molecule has 0 fully saturated rings. The molecule has 0 saturated heterocycles. The lowest BCUT2D eigenvalue weighted by atomic mass is 10.0. The van der Waals surface area contributed by atoms with E-state index in [9.17, 15) is 4.79 Å². The average molecular weight is 381 g/mol. The average Bonchev–Trinajstić information content (AvgIpc) is 3.08. The molecule has 1 aromatic heterocycles. The third-order valence-electron chi connectivity index (χ3n) is 4.11. The highest BCUT2D eigenvalue weighted by Crippen LogP contribution is 2.26. The number of benzene rings is 2. The lowest BCUT2D eigenvalue weighted by Crippen LogP contribution is -2.09. The topological polar surface area (TPSA) is 52.3 Å². The number of aromatic nitrogens is 1. The number of esters is 1. The van der Waals surface area contributed by atoms with E-state index in [0.717, 1.165) is 16.7 Å². The molecule has 0 unspecified atom stereocenters. The molecule has 0 amide bonds. The lowest BCUT2D eigenvalue weighted by molar-refractivity contribution is -0.138. The van der Waals surface area contributed by atoms with Crippen LogP contribution in [0.4, 0.5) is 0 Å². The molecule has 0 aliphatic carbocycles. The van der Waals surface area contributed by atoms with E-state index in [1.807, 2.05) is 42.5 Å². The van der Waals surface area contributed by atoms with Crippen LogP contribution < -0.4 is 0 Å². The molecule has 0 aliphatic rings. The predicted molar refractivity (Wildman–Crippen MR) is 110 cm³/mol. The molecule has 0 bridgehead atoms. The zero-order valence-electron chi connectivity index (χ0n) is 15.8. The van der Waals surface area contributed by atoms with Crippen molar-refractivity contribution in [2.75, 3.05) is 12.4 Å². The van der Waals surface area contributed by atoms with Crippen molar-refractivity contribution in [1.29, 1.82) is 0 Å². The van der Waals surface area contributed by atoms with Gasteiger partial charge in [-0.25, -0.2) is 9.78 Å². The number of thioether (sulfide) groups is 1. The molecule has 140 valence electrons. The van der Waals surface area contributed by atoms with Crippen LogP contribution in [0.1, 0.15) is 37.8 Å². The van der Waals surface area contributed by atoms with Gasteiger partial charge in [-0.05, 0) is 42.2 Å². The van der Waals surface area contributed by atoms with Crippen molar-refractivity contribution in [3.8, 4) is 0 Å². The Bertz CT molecular complexity index is 909. The number of rotatable bonds is 7. The minimum absolute atomic E-state index is 0.311. The van der Waals surface area contributed by atoms with Crippen molar-refractivity contribution in [2.45, 2.75) is 31.9 Å². The third-order valence-corrected chi connectivity index (χ3v) is 4.98. The van der Waals surface area contributed by atoms with E-state index in [-0.39, 0.29) is 5.97 Å². The summed E-state index contributed by atoms with van der Waals surface area (Å²) in [6.07, 6.45) is 1.87. The van der Waals surface area contributed by atoms with Crippen molar-refractivity contribution in [1.82, 2.24) is 4.98 Å². The van der Waals surface area contributed by atoms with Gasteiger partial charge in [-0.1, -0.05) is 62.0 Å². The summed E-state index contributed by atoms with van der Waals surface area (Å²) < 4.78 is 10.9. The minimum atomic E-state index is -0.311. The van der Waals surface area contributed by atoms with Gasteiger partial charge in [0.15, 0.2) is 5.58 Å². The number of hydrogen-bond donors (Lipinski definition) is 0. The second-order valence-corrected chi connectivity index (χ2v) is 7.37. The van der Waals surface area contributed by atoms with Crippen LogP contribution in [0.15, 0.2) is 63.7 Å². The van der Waals surface area contributed by atoms with Crippen LogP contribution in [-0.2, 0) is 9.53 Å². The molecule has 4 nitrogen and oxygen atoms in total. The van der Waals surface area contributed by atoms with Crippen LogP contribution in [0.25, 0.3) is 17.2 Å². The number of ether oxygens (including phenoxy) is 1. The van der Waals surface area contributed by atoms with Gasteiger partial charge in [0.1, 0.15) is 5.52 Å². The maximum Gasteiger partial charge on any atom is 0.334 e. The Labute approximate surface area is 163 Å². The molecule has 0 N–H and O–H groups in total. The van der Waals surface area contributed by atoms with Gasteiger partial charge in [-0.3, -0.25) is 0 Å². The SMILES string of the molecule is CCOC(=O)/C(=C/c1ccc(C(C)C)cc1)CSc1nc2ccccc2o1. The molecule has 0 spiro atoms. The van der Waals surface area contributed by atoms with Crippen molar-refractivity contribution >= 4 is 34.9 Å². The number of carbonyl (C=O) groups is 1. The van der Waals surface area contributed by atoms with Crippen LogP contribution in [0, 0.1) is 0 Å². The summed E-state index contributed by atoms with van der Waals surface area (Å²) in [5.41, 5.74) is 4.38. The Balaban J connectivity index is 1.78. The van der Waals surface area contributed by atoms with Crippen LogP contribution in [0.5, 0.6) is 0 Å². The fourth-order valence-corrected chi connectivity index (χ4v) is 3.41. The highest BCUT2D eigenvalue weighted by molar-refractivity contribution is 7.99. The van der Waals surface area contributed by atoms with Gasteiger partial charge in [0, 0.05) is 11.3 Å². The van der Waals surface area contributed by atoms with Crippen LogP contribution in [0.3, 0.4) is 0 Å². The van der Waals surface area contributed by atoms with Gasteiger partial charge in [-0.2, -0.15) is 0 Å². The molecule has 0 saturated carbocycles. The summed E-state index contributed by atoms with van der Waals surface area (Å²) in [4.78, 5) is 16.8. The second-order valence-electron chi connectivity index (χ2n) is 6.45. The maximum atomic E-state index is 12.4. The summed E-state index contributed by atoms with van der Waals surface area (Å²) in [6.45, 7) is 6.47. The third kappa shape index (κ3) is 5.01. The first kappa shape index (κ1) is 19.2. The first-order valence-corrected chi connectivity index (χ1v) is 10.0. The first-order valence-electron chi connectivity index (χ1n) is 9.03. The zero-order chi connectivity index (χ0) is 19.2. The van der Waals surface area contributed by atoms with Crippen molar-refractivity contribution < 1.29 is 13.9 Å². The first-order chi connectivity index (χ1) is 13.1. The Morgan fingerprint density at radius 2 is 1.93 bits per heavy atom. The summed E-state index contributed by atoms with van der Waals surface area (Å²) in [5.74, 6) is 0.591. The number of hydrogen-bond acceptors (Lipinski definition) is 5. The molecular formula is C22H23NO3S. The molecule has 3 rings (SSSR count). The molecule has 0 radical (unpaired) electrons. The van der Waals surface area contributed by atoms with Gasteiger partial charge < -0.3 is 9.15 Å². The standard InChI is InChI=1S/C22H23NO3S/c1-4-25-21(24)18(13-16-9-11-17(12-10-16)15(2)3)14-27-22-23-19-7-5-6-8-20(19)26-22/h5-13,15H,4,14H2,1-3H3/b18-13+. The minimum Gasteiger partial charge on any atom is -0.463 e. The van der Waals surface area contributed by atoms with Crippen molar-refractivity contribution in [2.24, 2.45) is 0 Å². The van der Waals surface area contributed by atoms with E-state index in [4.69, 9.17) is 9.15 Å². The van der Waals surface area contributed by atoms with Crippen LogP contribution in [-0.4, -0.2) is 23.3 Å². The Kier molecular flexibility index (Phi) is 6.35. The summed E-state index contributed by atoms with van der Waals surface area (Å²) in [6, 6.07) is 15.8. The van der Waals surface area contributed by atoms with E-state index in [2.05, 4.69) is 31.0 Å². The smallest absolute Gasteiger partial charge is 0.334 e. The number of para-hydroxylation sites is 2. The number of nitrogens with zero attached hydrogens (tertiary/aromatic N) is 1. The van der Waals surface area contributed by atoms with E-state index in [1.165, 1.54) is 17.3 Å². The van der Waals surface area contributed by atoms with Gasteiger partial charge >= 0.3 is 5.97 Å². The van der Waals surface area contributed by atoms with Gasteiger partial charge in [0.2, 0.25) is 0 Å². The number of oxazole rings is 1. The van der Waals surface area contributed by atoms with E-state index >= 15 is 0 Å². The van der Waals surface area contributed by atoms with Gasteiger partial charge in [0.25, 0.3) is 5.22 Å². The van der Waals surface area contributed by atoms with Crippen molar-refractivity contribution in [3.63, 3.8) is 0 Å². The normalized spacial score (nSPS) is 11.9. The fraction of sp³-hybridized carbons (Fsp3) is 0.273. The van der Waals surface area contributed by atoms with Gasteiger partial charge in [0.05, 0.1) is 6.61 Å². The molecule has 2 aromatic carbocycles. The molecule has 5 heteroatoms. The Hall–Kier alpha value is -2.53. The molecule has 0 atom stereocenters. The summed E-state index contributed by atoms with van der Waals surface area (Å²) in [5, 5.41) is 0.543. The second kappa shape index (κ2) is 8.91. The zero-order valence-corrected chi connectivity index (χ0v) is 16.6. The van der Waals surface area contributed by atoms with E-state index < -0.39 is 0 Å². The summed E-state index contributed by atoms with van der Waals surface area (Å²) >= 11 is 1.39. The molecule has 27 heavy (non-hydrogen) atoms.